The van der Waals surface area contributed by atoms with Crippen LogP contribution < -0.4 is 10.2 Å². The Hall–Kier alpha value is -1.23. The van der Waals surface area contributed by atoms with E-state index in [-0.39, 0.29) is 11.7 Å². The van der Waals surface area contributed by atoms with Gasteiger partial charge >= 0.3 is 0 Å². The van der Waals surface area contributed by atoms with Gasteiger partial charge in [0.25, 0.3) is 0 Å². The fraction of sp³-hybridized carbons (Fsp3) is 0.538. The molecule has 0 bridgehead atoms. The van der Waals surface area contributed by atoms with Crippen LogP contribution in [0.25, 0.3) is 0 Å². The minimum Gasteiger partial charge on any atom is -0.367 e. The molecule has 1 saturated heterocycles. The van der Waals surface area contributed by atoms with Gasteiger partial charge < -0.3 is 10.2 Å². The first kappa shape index (κ1) is 13.2. The van der Waals surface area contributed by atoms with Gasteiger partial charge in [-0.15, -0.1) is 0 Å². The van der Waals surface area contributed by atoms with Gasteiger partial charge in [0.1, 0.15) is 5.82 Å². The van der Waals surface area contributed by atoms with Gasteiger partial charge in [-0.25, -0.2) is 13.2 Å². The Kier molecular flexibility index (Phi) is 4.11. The number of anilines is 1. The van der Waals surface area contributed by atoms with Crippen LogP contribution in [-0.2, 0) is 0 Å². The summed E-state index contributed by atoms with van der Waals surface area (Å²) in [5.74, 6) is -2.83. The lowest BCUT2D eigenvalue weighted by atomic mass is 10.0. The summed E-state index contributed by atoms with van der Waals surface area (Å²) in [6, 6.07) is 1.88. The molecule has 1 heterocycles. The first-order valence-electron chi connectivity index (χ1n) is 6.24. The van der Waals surface area contributed by atoms with Gasteiger partial charge in [0.05, 0.1) is 5.69 Å². The molecule has 100 valence electrons. The molecule has 0 spiro atoms. The van der Waals surface area contributed by atoms with E-state index in [1.54, 1.807) is 4.90 Å². The van der Waals surface area contributed by atoms with Crippen molar-refractivity contribution in [3.63, 3.8) is 0 Å². The fourth-order valence-electron chi connectivity index (χ4n) is 2.42. The Balaban J connectivity index is 2.20. The molecule has 0 radical (unpaired) electrons. The summed E-state index contributed by atoms with van der Waals surface area (Å²) < 4.78 is 40.0. The van der Waals surface area contributed by atoms with Crippen molar-refractivity contribution < 1.29 is 13.2 Å². The lowest BCUT2D eigenvalue weighted by molar-refractivity contribution is 0.423. The van der Waals surface area contributed by atoms with Crippen LogP contribution in [0.5, 0.6) is 0 Å². The van der Waals surface area contributed by atoms with Crippen LogP contribution in [0.4, 0.5) is 18.9 Å². The summed E-state index contributed by atoms with van der Waals surface area (Å²) >= 11 is 0. The zero-order valence-electron chi connectivity index (χ0n) is 10.3. The number of piperidine rings is 1. The van der Waals surface area contributed by atoms with Crippen LogP contribution in [0.3, 0.4) is 0 Å². The molecule has 0 aliphatic carbocycles. The molecule has 1 aromatic carbocycles. The van der Waals surface area contributed by atoms with Crippen LogP contribution in [0.2, 0.25) is 0 Å². The third-order valence-electron chi connectivity index (χ3n) is 3.23. The monoisotopic (exact) mass is 258 g/mol. The first-order chi connectivity index (χ1) is 8.61. The van der Waals surface area contributed by atoms with E-state index in [0.29, 0.717) is 19.2 Å². The van der Waals surface area contributed by atoms with Crippen molar-refractivity contribution in [1.29, 1.82) is 0 Å². The highest BCUT2D eigenvalue weighted by molar-refractivity contribution is 5.49. The van der Waals surface area contributed by atoms with Crippen LogP contribution in [0, 0.1) is 17.5 Å². The second-order valence-corrected chi connectivity index (χ2v) is 4.56. The van der Waals surface area contributed by atoms with E-state index in [1.807, 2.05) is 6.92 Å². The molecule has 1 fully saturated rings. The van der Waals surface area contributed by atoms with Crippen molar-refractivity contribution in [2.45, 2.75) is 25.8 Å². The van der Waals surface area contributed by atoms with Gasteiger partial charge in [-0.05, 0) is 19.4 Å². The maximum Gasteiger partial charge on any atom is 0.182 e. The molecule has 1 unspecified atom stereocenters. The summed E-state index contributed by atoms with van der Waals surface area (Å²) in [5.41, 5.74) is 0.0232. The molecular formula is C13H17F3N2. The molecule has 5 heteroatoms. The third kappa shape index (κ3) is 2.77. The second kappa shape index (κ2) is 5.61. The zero-order chi connectivity index (χ0) is 13.1. The van der Waals surface area contributed by atoms with Gasteiger partial charge in [0.15, 0.2) is 11.6 Å². The van der Waals surface area contributed by atoms with Gasteiger partial charge in [-0.2, -0.15) is 0 Å². The summed E-state index contributed by atoms with van der Waals surface area (Å²) in [6.07, 6.45) is 1.89. The molecule has 0 amide bonds. The van der Waals surface area contributed by atoms with Gasteiger partial charge in [-0.3, -0.25) is 0 Å². The van der Waals surface area contributed by atoms with E-state index in [4.69, 9.17) is 0 Å². The summed E-state index contributed by atoms with van der Waals surface area (Å²) in [5, 5.41) is 3.28. The SMILES string of the molecule is CCNC1CCCN(c2cc(F)cc(F)c2F)C1. The molecular weight excluding hydrogens is 241 g/mol. The van der Waals surface area contributed by atoms with E-state index in [1.165, 1.54) is 0 Å². The topological polar surface area (TPSA) is 15.3 Å². The van der Waals surface area contributed by atoms with Crippen LogP contribution in [-0.4, -0.2) is 25.7 Å². The molecule has 1 atom stereocenters. The maximum atomic E-state index is 13.7. The smallest absolute Gasteiger partial charge is 0.182 e. The van der Waals surface area contributed by atoms with Gasteiger partial charge in [0, 0.05) is 31.3 Å². The van der Waals surface area contributed by atoms with Gasteiger partial charge in [-0.1, -0.05) is 6.92 Å². The van der Waals surface area contributed by atoms with Gasteiger partial charge in [0.2, 0.25) is 0 Å². The summed E-state index contributed by atoms with van der Waals surface area (Å²) in [6.45, 7) is 4.04. The quantitative estimate of drug-likeness (QED) is 0.839. The fourth-order valence-corrected chi connectivity index (χ4v) is 2.42. The number of nitrogens with zero attached hydrogens (tertiary/aromatic N) is 1. The Labute approximate surface area is 105 Å². The zero-order valence-corrected chi connectivity index (χ0v) is 10.3. The largest absolute Gasteiger partial charge is 0.367 e. The van der Waals surface area contributed by atoms with Crippen LogP contribution >= 0.6 is 0 Å². The molecule has 18 heavy (non-hydrogen) atoms. The van der Waals surface area contributed by atoms with Crippen molar-refractivity contribution in [2.75, 3.05) is 24.5 Å². The van der Waals surface area contributed by atoms with Crippen molar-refractivity contribution in [1.82, 2.24) is 5.32 Å². The van der Waals surface area contributed by atoms with Crippen LogP contribution in [0.1, 0.15) is 19.8 Å². The van der Waals surface area contributed by atoms with E-state index in [2.05, 4.69) is 5.32 Å². The van der Waals surface area contributed by atoms with E-state index in [9.17, 15) is 13.2 Å². The van der Waals surface area contributed by atoms with Crippen LogP contribution in [0.15, 0.2) is 12.1 Å². The second-order valence-electron chi connectivity index (χ2n) is 4.56. The number of likely N-dealkylation sites (N-methyl/N-ethyl adjacent to an activating group) is 1. The number of hydrogen-bond donors (Lipinski definition) is 1. The molecule has 1 aromatic rings. The number of hydrogen-bond acceptors (Lipinski definition) is 2. The highest BCUT2D eigenvalue weighted by Gasteiger charge is 2.23. The molecule has 2 nitrogen and oxygen atoms in total. The number of halogens is 3. The minimum absolute atomic E-state index is 0.0232. The third-order valence-corrected chi connectivity index (χ3v) is 3.23. The van der Waals surface area contributed by atoms with Crippen molar-refractivity contribution in [2.24, 2.45) is 0 Å². The number of benzene rings is 1. The Morgan fingerprint density at radius 2 is 2.11 bits per heavy atom. The lowest BCUT2D eigenvalue weighted by Crippen LogP contribution is -2.46. The number of nitrogens with one attached hydrogen (secondary N) is 1. The highest BCUT2D eigenvalue weighted by atomic mass is 19.2. The van der Waals surface area contributed by atoms with E-state index >= 15 is 0 Å². The Morgan fingerprint density at radius 3 is 2.83 bits per heavy atom. The molecule has 1 aliphatic heterocycles. The molecule has 1 aliphatic rings. The average Bonchev–Trinajstić information content (AvgIpc) is 2.34. The van der Waals surface area contributed by atoms with Crippen molar-refractivity contribution in [3.8, 4) is 0 Å². The standard InChI is InChI=1S/C13H17F3N2/c1-2-17-10-4-3-5-18(8-10)12-7-9(14)6-11(15)13(12)16/h6-7,10,17H,2-5,8H2,1H3. The predicted molar refractivity (Wildman–Crippen MR) is 65.2 cm³/mol. The Morgan fingerprint density at radius 1 is 1.33 bits per heavy atom. The normalized spacial score (nSPS) is 20.2. The van der Waals surface area contributed by atoms with E-state index < -0.39 is 17.5 Å². The predicted octanol–water partition coefficient (Wildman–Crippen LogP) is 2.68. The maximum absolute atomic E-state index is 13.7. The lowest BCUT2D eigenvalue weighted by Gasteiger charge is -2.35. The molecule has 0 aromatic heterocycles. The summed E-state index contributed by atoms with van der Waals surface area (Å²) in [7, 11) is 0. The van der Waals surface area contributed by atoms with Crippen molar-refractivity contribution >= 4 is 5.69 Å². The number of rotatable bonds is 3. The highest BCUT2D eigenvalue weighted by Crippen LogP contribution is 2.26. The van der Waals surface area contributed by atoms with Crippen molar-refractivity contribution in [3.05, 3.63) is 29.6 Å². The van der Waals surface area contributed by atoms with E-state index in [0.717, 1.165) is 25.5 Å². The summed E-state index contributed by atoms with van der Waals surface area (Å²) in [4.78, 5) is 1.71. The molecule has 1 N–H and O–H groups in total. The minimum atomic E-state index is -1.13. The first-order valence-corrected chi connectivity index (χ1v) is 6.24. The molecule has 0 saturated carbocycles. The Bertz CT molecular complexity index is 421. The average molecular weight is 258 g/mol. The molecule has 2 rings (SSSR count).